The molecule has 6 heteroatoms. The lowest BCUT2D eigenvalue weighted by atomic mass is 9.93. The van der Waals surface area contributed by atoms with Crippen LogP contribution in [0.15, 0.2) is 24.3 Å². The second-order valence-electron chi connectivity index (χ2n) is 5.60. The summed E-state index contributed by atoms with van der Waals surface area (Å²) in [5.74, 6) is -0.531. The number of rotatable bonds is 6. The fraction of sp³-hybridized carbons (Fsp3) is 0.500. The van der Waals surface area contributed by atoms with Crippen molar-refractivity contribution in [3.05, 3.63) is 30.1 Å². The van der Waals surface area contributed by atoms with Gasteiger partial charge in [0, 0.05) is 12.2 Å². The maximum Gasteiger partial charge on any atom is 0.238 e. The highest BCUT2D eigenvalue weighted by Gasteiger charge is 2.19. The van der Waals surface area contributed by atoms with Crippen molar-refractivity contribution in [3.8, 4) is 0 Å². The molecule has 0 heterocycles. The van der Waals surface area contributed by atoms with Gasteiger partial charge in [0.1, 0.15) is 5.82 Å². The largest absolute Gasteiger partial charge is 0.330 e. The number of carbonyl (C=O) groups is 1. The summed E-state index contributed by atoms with van der Waals surface area (Å²) >= 11 is 0. The Morgan fingerprint density at radius 2 is 2.10 bits per heavy atom. The van der Waals surface area contributed by atoms with Crippen LogP contribution in [0.25, 0.3) is 0 Å². The van der Waals surface area contributed by atoms with Gasteiger partial charge in [0.2, 0.25) is 5.91 Å². The smallest absolute Gasteiger partial charge is 0.238 e. The summed E-state index contributed by atoms with van der Waals surface area (Å²) in [6.07, 6.45) is 0. The first-order valence-electron chi connectivity index (χ1n) is 6.26. The van der Waals surface area contributed by atoms with Gasteiger partial charge in [-0.3, -0.25) is 9.69 Å². The molecule has 3 N–H and O–H groups in total. The van der Waals surface area contributed by atoms with Crippen LogP contribution in [-0.4, -0.2) is 37.5 Å². The number of carbonyl (C=O) groups excluding carboxylic acids is 1. The monoisotopic (exact) mass is 303 g/mol. The summed E-state index contributed by atoms with van der Waals surface area (Å²) in [6.45, 7) is 5.63. The minimum atomic E-state index is -0.365. The molecule has 0 saturated carbocycles. The van der Waals surface area contributed by atoms with Gasteiger partial charge >= 0.3 is 0 Å². The number of nitrogens with two attached hydrogens (primary N) is 1. The zero-order valence-electron chi connectivity index (χ0n) is 12.1. The van der Waals surface area contributed by atoms with Crippen LogP contribution >= 0.6 is 12.4 Å². The molecule has 1 rings (SSSR count). The maximum absolute atomic E-state index is 13.0. The molecule has 4 nitrogen and oxygen atoms in total. The first-order valence-corrected chi connectivity index (χ1v) is 6.26. The highest BCUT2D eigenvalue weighted by atomic mass is 35.5. The third-order valence-corrected chi connectivity index (χ3v) is 2.77. The van der Waals surface area contributed by atoms with E-state index in [1.54, 1.807) is 12.1 Å². The van der Waals surface area contributed by atoms with Crippen LogP contribution in [-0.2, 0) is 4.79 Å². The summed E-state index contributed by atoms with van der Waals surface area (Å²) in [5, 5.41) is 2.67. The maximum atomic E-state index is 13.0. The molecule has 0 bridgehead atoms. The summed E-state index contributed by atoms with van der Waals surface area (Å²) in [6, 6.07) is 5.85. The van der Waals surface area contributed by atoms with Crippen LogP contribution in [0, 0.1) is 11.2 Å². The van der Waals surface area contributed by atoms with Gasteiger partial charge < -0.3 is 11.1 Å². The molecule has 0 aromatic heterocycles. The van der Waals surface area contributed by atoms with E-state index < -0.39 is 0 Å². The van der Waals surface area contributed by atoms with Gasteiger partial charge in [-0.2, -0.15) is 0 Å². The molecular formula is C14H23ClFN3O. The number of nitrogens with zero attached hydrogens (tertiary/aromatic N) is 1. The van der Waals surface area contributed by atoms with Gasteiger partial charge in [0.15, 0.2) is 0 Å². The van der Waals surface area contributed by atoms with Gasteiger partial charge in [-0.25, -0.2) is 4.39 Å². The van der Waals surface area contributed by atoms with E-state index in [0.29, 0.717) is 12.2 Å². The SMILES string of the molecule is CN(CC(=O)Nc1cccc(F)c1)CC(C)(C)CN.Cl. The zero-order valence-corrected chi connectivity index (χ0v) is 13.0. The minimum absolute atomic E-state index is 0. The minimum Gasteiger partial charge on any atom is -0.330 e. The average Bonchev–Trinajstić information content (AvgIpc) is 2.27. The normalized spacial score (nSPS) is 11.1. The van der Waals surface area contributed by atoms with E-state index in [9.17, 15) is 9.18 Å². The van der Waals surface area contributed by atoms with E-state index >= 15 is 0 Å². The van der Waals surface area contributed by atoms with E-state index in [-0.39, 0.29) is 36.1 Å². The first-order chi connectivity index (χ1) is 8.82. The van der Waals surface area contributed by atoms with Crippen LogP contribution in [0.5, 0.6) is 0 Å². The Hall–Kier alpha value is -1.17. The van der Waals surface area contributed by atoms with Crippen LogP contribution in [0.2, 0.25) is 0 Å². The lowest BCUT2D eigenvalue weighted by Crippen LogP contribution is -2.40. The zero-order chi connectivity index (χ0) is 14.5. The van der Waals surface area contributed by atoms with Gasteiger partial charge in [0.05, 0.1) is 6.54 Å². The van der Waals surface area contributed by atoms with Gasteiger partial charge in [-0.15, -0.1) is 12.4 Å². The number of hydrogen-bond acceptors (Lipinski definition) is 3. The van der Waals surface area contributed by atoms with Crippen LogP contribution in [0.3, 0.4) is 0 Å². The van der Waals surface area contributed by atoms with Crippen molar-refractivity contribution in [2.75, 3.05) is 32.0 Å². The van der Waals surface area contributed by atoms with E-state index in [1.165, 1.54) is 12.1 Å². The fourth-order valence-electron chi connectivity index (χ4n) is 1.86. The Balaban J connectivity index is 0.00000361. The van der Waals surface area contributed by atoms with Crippen molar-refractivity contribution >= 4 is 24.0 Å². The van der Waals surface area contributed by atoms with Crippen molar-refractivity contribution < 1.29 is 9.18 Å². The Bertz CT molecular complexity index is 440. The molecule has 0 aliphatic rings. The second kappa shape index (κ2) is 8.19. The summed E-state index contributed by atoms with van der Waals surface area (Å²) in [7, 11) is 1.86. The second-order valence-corrected chi connectivity index (χ2v) is 5.60. The number of likely N-dealkylation sites (N-methyl/N-ethyl adjacent to an activating group) is 1. The number of nitrogens with one attached hydrogen (secondary N) is 1. The Kier molecular flexibility index (Phi) is 7.71. The third-order valence-electron chi connectivity index (χ3n) is 2.77. The standard InChI is InChI=1S/C14H22FN3O.ClH/c1-14(2,9-16)10-18(3)8-13(19)17-12-6-4-5-11(15)7-12;/h4-7H,8-10,16H2,1-3H3,(H,17,19);1H. The molecule has 0 unspecified atom stereocenters. The molecule has 20 heavy (non-hydrogen) atoms. The topological polar surface area (TPSA) is 58.4 Å². The van der Waals surface area contributed by atoms with Crippen LogP contribution < -0.4 is 11.1 Å². The first kappa shape index (κ1) is 18.8. The van der Waals surface area contributed by atoms with Crippen molar-refractivity contribution in [2.45, 2.75) is 13.8 Å². The lowest BCUT2D eigenvalue weighted by Gasteiger charge is -2.28. The molecule has 0 atom stereocenters. The highest BCUT2D eigenvalue weighted by molar-refractivity contribution is 5.92. The van der Waals surface area contributed by atoms with Gasteiger partial charge in [0.25, 0.3) is 0 Å². The molecule has 114 valence electrons. The quantitative estimate of drug-likeness (QED) is 0.846. The Labute approximate surface area is 125 Å². The summed E-state index contributed by atoms with van der Waals surface area (Å²) in [4.78, 5) is 13.7. The molecule has 1 aromatic carbocycles. The number of halogens is 2. The highest BCUT2D eigenvalue weighted by Crippen LogP contribution is 2.14. The molecule has 0 fully saturated rings. The van der Waals surface area contributed by atoms with Crippen molar-refractivity contribution in [1.29, 1.82) is 0 Å². The number of benzene rings is 1. The summed E-state index contributed by atoms with van der Waals surface area (Å²) < 4.78 is 13.0. The van der Waals surface area contributed by atoms with E-state index in [4.69, 9.17) is 5.73 Å². The molecule has 0 aliphatic heterocycles. The van der Waals surface area contributed by atoms with Crippen molar-refractivity contribution in [2.24, 2.45) is 11.1 Å². The molecule has 0 saturated heterocycles. The molecule has 0 aliphatic carbocycles. The predicted molar refractivity (Wildman–Crippen MR) is 82.6 cm³/mol. The lowest BCUT2D eigenvalue weighted by molar-refractivity contribution is -0.117. The van der Waals surface area contributed by atoms with E-state index in [0.717, 1.165) is 6.54 Å². The molecule has 0 radical (unpaired) electrons. The Morgan fingerprint density at radius 3 is 2.65 bits per heavy atom. The average molecular weight is 304 g/mol. The van der Waals surface area contributed by atoms with Crippen molar-refractivity contribution in [3.63, 3.8) is 0 Å². The van der Waals surface area contributed by atoms with Gasteiger partial charge in [-0.1, -0.05) is 19.9 Å². The molecular weight excluding hydrogens is 281 g/mol. The van der Waals surface area contributed by atoms with Gasteiger partial charge in [-0.05, 0) is 37.2 Å². The predicted octanol–water partition coefficient (Wildman–Crippen LogP) is 2.10. The molecule has 0 spiro atoms. The van der Waals surface area contributed by atoms with Crippen molar-refractivity contribution in [1.82, 2.24) is 4.90 Å². The number of anilines is 1. The third kappa shape index (κ3) is 6.84. The molecule has 1 aromatic rings. The van der Waals surface area contributed by atoms with E-state index in [2.05, 4.69) is 5.32 Å². The van der Waals surface area contributed by atoms with Crippen LogP contribution in [0.1, 0.15) is 13.8 Å². The fourth-order valence-corrected chi connectivity index (χ4v) is 1.86. The van der Waals surface area contributed by atoms with Crippen LogP contribution in [0.4, 0.5) is 10.1 Å². The number of hydrogen-bond donors (Lipinski definition) is 2. The number of amides is 1. The molecule has 1 amide bonds. The summed E-state index contributed by atoms with van der Waals surface area (Å²) in [5.41, 5.74) is 6.09. The van der Waals surface area contributed by atoms with E-state index in [1.807, 2.05) is 25.8 Å². The Morgan fingerprint density at radius 1 is 1.45 bits per heavy atom.